The number of tetrazole rings is 1. The number of hydrogen-bond donors (Lipinski definition) is 3. The van der Waals surface area contributed by atoms with Crippen LogP contribution in [0.15, 0.2) is 48.5 Å². The predicted molar refractivity (Wildman–Crippen MR) is 224 cm³/mol. The Morgan fingerprint density at radius 1 is 0.812 bits per heavy atom. The van der Waals surface area contributed by atoms with Crippen molar-refractivity contribution in [3.05, 3.63) is 84.4 Å². The number of H-pyrrole nitrogens is 1. The highest BCUT2D eigenvalue weighted by molar-refractivity contribution is 5.91. The number of amides is 3. The first-order chi connectivity index (χ1) is 30.7. The van der Waals surface area contributed by atoms with Gasteiger partial charge in [-0.2, -0.15) is 5.21 Å². The molecule has 0 radical (unpaired) electrons. The maximum Gasteiger partial charge on any atom is 0.328 e. The van der Waals surface area contributed by atoms with Crippen molar-refractivity contribution >= 4 is 23.7 Å². The van der Waals surface area contributed by atoms with Crippen LogP contribution in [0.1, 0.15) is 97.0 Å². The molecule has 3 N–H and O–H groups in total. The Hall–Kier alpha value is -7.01. The number of aromatic amines is 1. The number of carbonyl (C=O) groups is 4. The molecule has 0 saturated heterocycles. The van der Waals surface area contributed by atoms with Crippen molar-refractivity contribution in [2.75, 3.05) is 26.4 Å². The minimum absolute atomic E-state index is 0.00416. The number of unbranched alkanes of at least 4 members (excludes halogenated alkanes) is 3. The van der Waals surface area contributed by atoms with Crippen molar-refractivity contribution in [3.8, 4) is 22.5 Å². The van der Waals surface area contributed by atoms with Crippen LogP contribution in [-0.2, 0) is 45.0 Å². The molecule has 350 valence electrons. The third-order valence-corrected chi connectivity index (χ3v) is 9.78. The first-order valence-corrected chi connectivity index (χ1v) is 21.0. The van der Waals surface area contributed by atoms with Crippen molar-refractivity contribution in [3.63, 3.8) is 0 Å². The molecule has 3 amide bonds. The average molecular weight is 901 g/mol. The number of carbonyl (C=O) groups excluding carboxylic acids is 4. The van der Waals surface area contributed by atoms with Crippen LogP contribution in [0.2, 0.25) is 0 Å². The molecule has 0 aliphatic heterocycles. The number of esters is 1. The molecule has 3 rings (SSSR count). The van der Waals surface area contributed by atoms with Crippen LogP contribution in [0.25, 0.3) is 22.5 Å². The van der Waals surface area contributed by atoms with E-state index in [2.05, 4.69) is 45.8 Å². The molecule has 24 nitrogen and oxygen atoms in total. The lowest BCUT2D eigenvalue weighted by molar-refractivity contribution is -0.790. The highest BCUT2D eigenvalue weighted by atomic mass is 17.0. The summed E-state index contributed by atoms with van der Waals surface area (Å²) in [6, 6.07) is 13.0. The molecular weight excluding hydrogens is 844 g/mol. The van der Waals surface area contributed by atoms with E-state index in [1.54, 1.807) is 13.8 Å². The van der Waals surface area contributed by atoms with Crippen LogP contribution >= 0.6 is 0 Å². The second-order valence-electron chi connectivity index (χ2n) is 15.0. The highest BCUT2D eigenvalue weighted by Crippen LogP contribution is 2.30. The molecular formula is C40H56N10O14. The Kier molecular flexibility index (Phi) is 22.3. The van der Waals surface area contributed by atoms with Gasteiger partial charge in [0.05, 0.1) is 13.2 Å². The molecule has 0 aliphatic rings. The largest absolute Gasteiger partial charge is 0.464 e. The Morgan fingerprint density at radius 3 is 2.16 bits per heavy atom. The second-order valence-corrected chi connectivity index (χ2v) is 15.0. The van der Waals surface area contributed by atoms with Gasteiger partial charge in [0.1, 0.15) is 24.8 Å². The Balaban J connectivity index is 1.76. The fraction of sp³-hybridized carbons (Fsp3) is 0.575. The average Bonchev–Trinajstić information content (AvgIpc) is 3.80. The highest BCUT2D eigenvalue weighted by Gasteiger charge is 2.35. The van der Waals surface area contributed by atoms with E-state index < -0.39 is 57.8 Å². The van der Waals surface area contributed by atoms with Crippen molar-refractivity contribution in [2.45, 2.75) is 116 Å². The molecule has 2 aromatic carbocycles. The van der Waals surface area contributed by atoms with Gasteiger partial charge in [0.25, 0.3) is 15.3 Å². The van der Waals surface area contributed by atoms with E-state index in [1.807, 2.05) is 55.5 Å². The summed E-state index contributed by atoms with van der Waals surface area (Å²) in [5, 5.41) is 48.5. The molecule has 3 unspecified atom stereocenters. The van der Waals surface area contributed by atoms with E-state index in [1.165, 1.54) is 4.90 Å². The van der Waals surface area contributed by atoms with Gasteiger partial charge in [0, 0.05) is 31.5 Å². The van der Waals surface area contributed by atoms with Gasteiger partial charge < -0.3 is 34.8 Å². The standard InChI is InChI=1S/C40H56N10O14/c1-4-5-18-36(52)47(26-29-19-21-30(22-20-29)32-14-6-7-15-33(32)38-43-45-46-44-38)37(28(2)3)39(53)42-34(16-8-10-23-41-35(51)17-12-25-62-48(55)56)40(54)61-24-11-9-13-31(64-50(59)60)27-63-49(57)58/h6-7,14-15,19-22,28,31,34,37H,4-5,8-13,16-18,23-27H2,1-3H3,(H,41,51)(H,42,53)(H,43,44,45,46). The number of nitrogens with zero attached hydrogens (tertiary/aromatic N) is 7. The van der Waals surface area contributed by atoms with Crippen molar-refractivity contribution in [2.24, 2.45) is 5.92 Å². The van der Waals surface area contributed by atoms with Crippen molar-refractivity contribution in [1.82, 2.24) is 36.2 Å². The summed E-state index contributed by atoms with van der Waals surface area (Å²) in [6.45, 7) is 4.80. The van der Waals surface area contributed by atoms with Gasteiger partial charge in [-0.25, -0.2) is 4.79 Å². The van der Waals surface area contributed by atoms with E-state index in [0.29, 0.717) is 25.1 Å². The molecule has 0 fully saturated rings. The first-order valence-electron chi connectivity index (χ1n) is 21.0. The monoisotopic (exact) mass is 900 g/mol. The minimum Gasteiger partial charge on any atom is -0.464 e. The third-order valence-electron chi connectivity index (χ3n) is 9.78. The van der Waals surface area contributed by atoms with Crippen LogP contribution in [0.5, 0.6) is 0 Å². The van der Waals surface area contributed by atoms with E-state index in [-0.39, 0.29) is 83.1 Å². The molecule has 0 bridgehead atoms. The van der Waals surface area contributed by atoms with Gasteiger partial charge in [0.2, 0.25) is 23.5 Å². The summed E-state index contributed by atoms with van der Waals surface area (Å²) in [6.07, 6.45) is 1.64. The molecule has 1 aromatic heterocycles. The lowest BCUT2D eigenvalue weighted by Crippen LogP contribution is -2.55. The zero-order chi connectivity index (χ0) is 46.9. The van der Waals surface area contributed by atoms with Crippen LogP contribution < -0.4 is 10.6 Å². The SMILES string of the molecule is CCCCC(=O)N(Cc1ccc(-c2ccccc2-c2nn[nH]n2)cc1)C(C(=O)NC(CCCCNC(=O)CCCO[N+](=O)[O-])C(=O)OCCCCC(CO[N+](=O)[O-])O[N+](=O)[O-])C(C)C. The molecule has 64 heavy (non-hydrogen) atoms. The van der Waals surface area contributed by atoms with Crippen LogP contribution in [0.4, 0.5) is 0 Å². The number of rotatable bonds is 32. The smallest absolute Gasteiger partial charge is 0.328 e. The van der Waals surface area contributed by atoms with Gasteiger partial charge in [-0.1, -0.05) is 75.7 Å². The second kappa shape index (κ2) is 27.8. The summed E-state index contributed by atoms with van der Waals surface area (Å²) in [5.74, 6) is -1.92. The van der Waals surface area contributed by atoms with E-state index in [9.17, 15) is 49.5 Å². The number of ether oxygens (including phenoxy) is 1. The van der Waals surface area contributed by atoms with Crippen LogP contribution in [0, 0.1) is 36.3 Å². The molecule has 1 heterocycles. The number of hydrogen-bond acceptors (Lipinski definition) is 17. The molecule has 3 aromatic rings. The van der Waals surface area contributed by atoms with Crippen molar-refractivity contribution < 1.29 is 53.7 Å². The summed E-state index contributed by atoms with van der Waals surface area (Å²) in [5.41, 5.74) is 3.25. The zero-order valence-electron chi connectivity index (χ0n) is 36.1. The number of nitrogens with one attached hydrogen (secondary N) is 3. The maximum absolute atomic E-state index is 14.3. The Labute approximate surface area is 368 Å². The molecule has 0 saturated carbocycles. The third kappa shape index (κ3) is 18.5. The van der Waals surface area contributed by atoms with E-state index in [0.717, 1.165) is 28.7 Å². The topological polar surface area (TPSA) is 316 Å². The molecule has 24 heteroatoms. The van der Waals surface area contributed by atoms with Crippen molar-refractivity contribution in [1.29, 1.82) is 0 Å². The van der Waals surface area contributed by atoms with Crippen LogP contribution in [0.3, 0.4) is 0 Å². The maximum atomic E-state index is 14.3. The van der Waals surface area contributed by atoms with Gasteiger partial charge >= 0.3 is 5.97 Å². The molecule has 0 spiro atoms. The predicted octanol–water partition coefficient (Wildman–Crippen LogP) is 4.34. The van der Waals surface area contributed by atoms with Gasteiger partial charge in [-0.15, -0.1) is 40.5 Å². The summed E-state index contributed by atoms with van der Waals surface area (Å²) < 4.78 is 5.52. The number of aromatic nitrogens is 4. The lowest BCUT2D eigenvalue weighted by Gasteiger charge is -2.34. The van der Waals surface area contributed by atoms with E-state index >= 15 is 0 Å². The Morgan fingerprint density at radius 2 is 1.52 bits per heavy atom. The van der Waals surface area contributed by atoms with Gasteiger partial charge in [0.15, 0.2) is 0 Å². The normalized spacial score (nSPS) is 12.3. The summed E-state index contributed by atoms with van der Waals surface area (Å²) in [4.78, 5) is 100. The fourth-order valence-corrected chi connectivity index (χ4v) is 6.66. The minimum atomic E-state index is -1.23. The van der Waals surface area contributed by atoms with E-state index in [4.69, 9.17) is 4.74 Å². The fourth-order valence-electron chi connectivity index (χ4n) is 6.66. The summed E-state index contributed by atoms with van der Waals surface area (Å²) >= 11 is 0. The van der Waals surface area contributed by atoms with Gasteiger partial charge in [-0.05, 0) is 79.2 Å². The molecule has 3 atom stereocenters. The van der Waals surface area contributed by atoms with Gasteiger partial charge in [-0.3, -0.25) is 14.4 Å². The lowest BCUT2D eigenvalue weighted by atomic mass is 9.96. The first kappa shape index (κ1) is 51.3. The number of benzene rings is 2. The summed E-state index contributed by atoms with van der Waals surface area (Å²) in [7, 11) is 0. The Bertz CT molecular complexity index is 1950. The molecule has 0 aliphatic carbocycles. The van der Waals surface area contributed by atoms with Crippen LogP contribution in [-0.4, -0.2) is 109 Å². The zero-order valence-corrected chi connectivity index (χ0v) is 36.1. The quantitative estimate of drug-likeness (QED) is 0.0340.